The third-order valence-corrected chi connectivity index (χ3v) is 4.59. The third kappa shape index (κ3) is 7.62. The lowest BCUT2D eigenvalue weighted by Gasteiger charge is -2.21. The fourth-order valence-electron chi connectivity index (χ4n) is 2.86. The summed E-state index contributed by atoms with van der Waals surface area (Å²) >= 11 is 0. The van der Waals surface area contributed by atoms with Crippen LogP contribution in [0.25, 0.3) is 0 Å². The van der Waals surface area contributed by atoms with Crippen molar-refractivity contribution >= 4 is 11.6 Å². The van der Waals surface area contributed by atoms with Crippen molar-refractivity contribution in [2.45, 2.75) is 25.8 Å². The highest BCUT2D eigenvalue weighted by molar-refractivity contribution is 5.79. The van der Waals surface area contributed by atoms with Crippen LogP contribution in [-0.4, -0.2) is 60.1 Å². The van der Waals surface area contributed by atoms with E-state index in [-0.39, 0.29) is 0 Å². The topological polar surface area (TPSA) is 58.1 Å². The molecule has 0 amide bonds. The Hall–Kier alpha value is -1.79. The minimum Gasteiger partial charge on any atom is -0.381 e. The van der Waals surface area contributed by atoms with Crippen molar-refractivity contribution in [3.63, 3.8) is 0 Å². The molecule has 0 saturated carbocycles. The fourth-order valence-corrected chi connectivity index (χ4v) is 2.86. The molecule has 0 unspecified atom stereocenters. The van der Waals surface area contributed by atoms with Crippen LogP contribution in [0.3, 0.4) is 0 Å². The lowest BCUT2D eigenvalue weighted by molar-refractivity contribution is 0.0203. The van der Waals surface area contributed by atoms with E-state index in [4.69, 9.17) is 9.47 Å². The summed E-state index contributed by atoms with van der Waals surface area (Å²) in [7, 11) is 5.89. The third-order valence-electron chi connectivity index (χ3n) is 4.59. The maximum absolute atomic E-state index is 5.79. The number of guanidine groups is 1. The van der Waals surface area contributed by atoms with Gasteiger partial charge in [0.15, 0.2) is 5.96 Å². The Kier molecular flexibility index (Phi) is 9.28. The summed E-state index contributed by atoms with van der Waals surface area (Å²) in [5.41, 5.74) is 2.44. The van der Waals surface area contributed by atoms with Crippen molar-refractivity contribution in [3.05, 3.63) is 29.8 Å². The first-order chi connectivity index (χ1) is 12.7. The molecule has 0 aromatic heterocycles. The maximum Gasteiger partial charge on any atom is 0.191 e. The lowest BCUT2D eigenvalue weighted by Crippen LogP contribution is -2.37. The monoisotopic (exact) mass is 362 g/mol. The molecule has 6 nitrogen and oxygen atoms in total. The summed E-state index contributed by atoms with van der Waals surface area (Å²) in [5, 5.41) is 6.69. The van der Waals surface area contributed by atoms with Crippen LogP contribution in [0.1, 0.15) is 24.8 Å². The van der Waals surface area contributed by atoms with Crippen molar-refractivity contribution in [3.8, 4) is 0 Å². The van der Waals surface area contributed by atoms with E-state index in [0.717, 1.165) is 64.7 Å². The molecule has 0 bridgehead atoms. The van der Waals surface area contributed by atoms with E-state index in [2.05, 4.69) is 44.8 Å². The van der Waals surface area contributed by atoms with Crippen LogP contribution in [-0.2, 0) is 16.0 Å². The molecule has 146 valence electrons. The zero-order chi connectivity index (χ0) is 18.6. The van der Waals surface area contributed by atoms with Gasteiger partial charge in [-0.2, -0.15) is 0 Å². The molecule has 6 heteroatoms. The number of aliphatic imine (C=N–C) groups is 1. The van der Waals surface area contributed by atoms with Gasteiger partial charge >= 0.3 is 0 Å². The van der Waals surface area contributed by atoms with E-state index < -0.39 is 0 Å². The molecule has 1 fully saturated rings. The number of hydrogen-bond donors (Lipinski definition) is 2. The van der Waals surface area contributed by atoms with Crippen LogP contribution >= 0.6 is 0 Å². The molecule has 1 heterocycles. The Morgan fingerprint density at radius 2 is 1.92 bits per heavy atom. The van der Waals surface area contributed by atoms with Gasteiger partial charge in [0.05, 0.1) is 0 Å². The lowest BCUT2D eigenvalue weighted by atomic mass is 10.0. The van der Waals surface area contributed by atoms with Gasteiger partial charge in [-0.15, -0.1) is 0 Å². The fraction of sp³-hybridized carbons (Fsp3) is 0.650. The molecule has 1 aliphatic heterocycles. The summed E-state index contributed by atoms with van der Waals surface area (Å²) in [4.78, 5) is 6.37. The van der Waals surface area contributed by atoms with Gasteiger partial charge in [0.25, 0.3) is 0 Å². The summed E-state index contributed by atoms with van der Waals surface area (Å²) in [6.45, 7) is 5.03. The highest BCUT2D eigenvalue weighted by atomic mass is 16.5. The average Bonchev–Trinajstić information content (AvgIpc) is 2.68. The second kappa shape index (κ2) is 11.8. The Balaban J connectivity index is 1.56. The number of nitrogens with zero attached hydrogens (tertiary/aromatic N) is 2. The molecule has 0 spiro atoms. The van der Waals surface area contributed by atoms with Crippen LogP contribution < -0.4 is 15.5 Å². The minimum atomic E-state index is 0.671. The van der Waals surface area contributed by atoms with Gasteiger partial charge in [-0.05, 0) is 42.9 Å². The van der Waals surface area contributed by atoms with E-state index in [1.165, 1.54) is 11.3 Å². The number of hydrogen-bond acceptors (Lipinski definition) is 4. The predicted octanol–water partition coefficient (Wildman–Crippen LogP) is 2.25. The number of benzene rings is 1. The van der Waals surface area contributed by atoms with Crippen molar-refractivity contribution in [2.75, 3.05) is 59.0 Å². The maximum atomic E-state index is 5.79. The van der Waals surface area contributed by atoms with E-state index in [0.29, 0.717) is 5.92 Å². The zero-order valence-electron chi connectivity index (χ0n) is 16.5. The van der Waals surface area contributed by atoms with Gasteiger partial charge in [-0.1, -0.05) is 12.1 Å². The van der Waals surface area contributed by atoms with Crippen LogP contribution in [0.2, 0.25) is 0 Å². The second-order valence-corrected chi connectivity index (χ2v) is 6.90. The molecule has 1 aromatic rings. The molecular weight excluding hydrogens is 328 g/mol. The molecule has 0 radical (unpaired) electrons. The number of anilines is 1. The average molecular weight is 363 g/mol. The highest BCUT2D eigenvalue weighted by Crippen LogP contribution is 2.14. The molecule has 0 aliphatic carbocycles. The minimum absolute atomic E-state index is 0.671. The molecule has 1 aromatic carbocycles. The van der Waals surface area contributed by atoms with Crippen molar-refractivity contribution < 1.29 is 9.47 Å². The van der Waals surface area contributed by atoms with E-state index >= 15 is 0 Å². The van der Waals surface area contributed by atoms with Crippen LogP contribution in [0.15, 0.2) is 29.3 Å². The van der Waals surface area contributed by atoms with Crippen LogP contribution in [0.5, 0.6) is 0 Å². The van der Waals surface area contributed by atoms with Crippen molar-refractivity contribution in [1.29, 1.82) is 0 Å². The second-order valence-electron chi connectivity index (χ2n) is 6.90. The van der Waals surface area contributed by atoms with E-state index in [1.807, 2.05) is 14.1 Å². The molecular formula is C20H34N4O2. The van der Waals surface area contributed by atoms with Gasteiger partial charge < -0.3 is 25.0 Å². The zero-order valence-corrected chi connectivity index (χ0v) is 16.5. The largest absolute Gasteiger partial charge is 0.381 e. The summed E-state index contributed by atoms with van der Waals surface area (Å²) < 4.78 is 11.2. The van der Waals surface area contributed by atoms with Gasteiger partial charge in [-0.25, -0.2) is 0 Å². The van der Waals surface area contributed by atoms with Crippen LogP contribution in [0, 0.1) is 5.92 Å². The standard InChI is InChI=1S/C20H34N4O2/c1-21-20(23-15-17-5-7-19(8-6-17)24(2)3)22-11-4-12-26-16-18-9-13-25-14-10-18/h5-8,18H,4,9-16H2,1-3H3,(H2,21,22,23). The first-order valence-corrected chi connectivity index (χ1v) is 9.55. The van der Waals surface area contributed by atoms with Gasteiger partial charge in [0.1, 0.15) is 0 Å². The number of ether oxygens (including phenoxy) is 2. The molecule has 1 saturated heterocycles. The van der Waals surface area contributed by atoms with Gasteiger partial charge in [0.2, 0.25) is 0 Å². The summed E-state index contributed by atoms with van der Waals surface area (Å²) in [6, 6.07) is 8.53. The first-order valence-electron chi connectivity index (χ1n) is 9.55. The van der Waals surface area contributed by atoms with Gasteiger partial charge in [0, 0.05) is 66.3 Å². The summed E-state index contributed by atoms with van der Waals surface area (Å²) in [6.07, 6.45) is 3.23. The quantitative estimate of drug-likeness (QED) is 0.401. The predicted molar refractivity (Wildman–Crippen MR) is 108 cm³/mol. The molecule has 2 rings (SSSR count). The Morgan fingerprint density at radius 1 is 1.19 bits per heavy atom. The smallest absolute Gasteiger partial charge is 0.191 e. The number of nitrogens with one attached hydrogen (secondary N) is 2. The molecule has 0 atom stereocenters. The van der Waals surface area contributed by atoms with Crippen molar-refractivity contribution in [2.24, 2.45) is 10.9 Å². The van der Waals surface area contributed by atoms with Crippen LogP contribution in [0.4, 0.5) is 5.69 Å². The summed E-state index contributed by atoms with van der Waals surface area (Å²) in [5.74, 6) is 1.50. The highest BCUT2D eigenvalue weighted by Gasteiger charge is 2.13. The van der Waals surface area contributed by atoms with E-state index in [1.54, 1.807) is 7.05 Å². The normalized spacial score (nSPS) is 15.7. The van der Waals surface area contributed by atoms with Gasteiger partial charge in [-0.3, -0.25) is 4.99 Å². The Morgan fingerprint density at radius 3 is 2.58 bits per heavy atom. The molecule has 1 aliphatic rings. The molecule has 2 N–H and O–H groups in total. The number of rotatable bonds is 9. The van der Waals surface area contributed by atoms with E-state index in [9.17, 15) is 0 Å². The Labute approximate surface area is 158 Å². The van der Waals surface area contributed by atoms with Crippen molar-refractivity contribution in [1.82, 2.24) is 10.6 Å². The first kappa shape index (κ1) is 20.5. The molecule has 26 heavy (non-hydrogen) atoms. The SMILES string of the molecule is CN=C(NCCCOCC1CCOCC1)NCc1ccc(N(C)C)cc1. The Bertz CT molecular complexity index is 525.